The third kappa shape index (κ3) is 13.0. The molecule has 0 bridgehead atoms. The molecule has 0 aliphatic heterocycles. The molecular formula is C19H33N7O10. The molecule has 5 atom stereocenters. The summed E-state index contributed by atoms with van der Waals surface area (Å²) in [5.41, 5.74) is 16.1. The molecule has 0 saturated heterocycles. The third-order valence-corrected chi connectivity index (χ3v) is 4.64. The lowest BCUT2D eigenvalue weighted by Crippen LogP contribution is -2.60. The monoisotopic (exact) mass is 519 g/mol. The second kappa shape index (κ2) is 15.8. The van der Waals surface area contributed by atoms with E-state index in [-0.39, 0.29) is 18.9 Å². The van der Waals surface area contributed by atoms with Gasteiger partial charge in [0.25, 0.3) is 0 Å². The molecule has 13 N–H and O–H groups in total. The lowest BCUT2D eigenvalue weighted by Gasteiger charge is -2.26. The predicted octanol–water partition coefficient (Wildman–Crippen LogP) is -4.37. The van der Waals surface area contributed by atoms with Gasteiger partial charge in [0.2, 0.25) is 17.7 Å². The molecular weight excluding hydrogens is 486 g/mol. The highest BCUT2D eigenvalue weighted by molar-refractivity contribution is 5.95. The normalized spacial score (nSPS) is 14.8. The van der Waals surface area contributed by atoms with Gasteiger partial charge < -0.3 is 53.6 Å². The number of carboxylic acids is 3. The lowest BCUT2D eigenvalue weighted by atomic mass is 10.1. The molecule has 0 aromatic heterocycles. The summed E-state index contributed by atoms with van der Waals surface area (Å²) in [5, 5.41) is 43.1. The number of nitrogens with zero attached hydrogens (tertiary/aromatic N) is 1. The van der Waals surface area contributed by atoms with Crippen LogP contribution in [-0.2, 0) is 28.8 Å². The molecule has 17 nitrogen and oxygen atoms in total. The van der Waals surface area contributed by atoms with Crippen LogP contribution in [0.2, 0.25) is 0 Å². The number of aliphatic imine (C=N–C) groups is 1. The topological polar surface area (TPSA) is 310 Å². The molecule has 0 spiro atoms. The maximum absolute atomic E-state index is 12.7. The highest BCUT2D eigenvalue weighted by atomic mass is 16.4. The Bertz CT molecular complexity index is 844. The summed E-state index contributed by atoms with van der Waals surface area (Å²) in [7, 11) is 0. The van der Waals surface area contributed by atoms with Crippen molar-refractivity contribution in [2.75, 3.05) is 6.54 Å². The van der Waals surface area contributed by atoms with Crippen molar-refractivity contribution >= 4 is 41.6 Å². The third-order valence-electron chi connectivity index (χ3n) is 4.64. The standard InChI is InChI=1S/C19H33N7O10/c1-8(27)14(17(34)24-10(18(35)36)4-5-12(28)29)26-16(33)11(7-13(30)31)25-15(32)9(20)3-2-6-23-19(21)22/h8-11,14,27H,2-7,20H2,1H3,(H,24,34)(H,25,32)(H,26,33)(H,28,29)(H,30,31)(H,35,36)(H4,21,22,23). The number of carbonyl (C=O) groups is 6. The smallest absolute Gasteiger partial charge is 0.326 e. The number of aliphatic hydroxyl groups is 1. The zero-order chi connectivity index (χ0) is 28.0. The quantitative estimate of drug-likeness (QED) is 0.0493. The number of carbonyl (C=O) groups excluding carboxylic acids is 3. The van der Waals surface area contributed by atoms with Gasteiger partial charge in [0.05, 0.1) is 18.6 Å². The number of aliphatic carboxylic acids is 3. The minimum atomic E-state index is -1.76. The fourth-order valence-corrected chi connectivity index (χ4v) is 2.76. The zero-order valence-corrected chi connectivity index (χ0v) is 19.5. The molecule has 0 saturated carbocycles. The van der Waals surface area contributed by atoms with E-state index in [9.17, 15) is 39.0 Å². The summed E-state index contributed by atoms with van der Waals surface area (Å²) < 4.78 is 0. The van der Waals surface area contributed by atoms with E-state index in [4.69, 9.17) is 27.4 Å². The average Bonchev–Trinajstić information content (AvgIpc) is 2.75. The Morgan fingerprint density at radius 3 is 1.89 bits per heavy atom. The van der Waals surface area contributed by atoms with Crippen molar-refractivity contribution < 1.29 is 49.2 Å². The van der Waals surface area contributed by atoms with Crippen molar-refractivity contribution in [3.05, 3.63) is 0 Å². The van der Waals surface area contributed by atoms with Crippen LogP contribution in [0.4, 0.5) is 0 Å². The first-order chi connectivity index (χ1) is 16.6. The maximum atomic E-state index is 12.7. The first kappa shape index (κ1) is 32.0. The van der Waals surface area contributed by atoms with E-state index in [1.165, 1.54) is 0 Å². The Morgan fingerprint density at radius 2 is 1.42 bits per heavy atom. The van der Waals surface area contributed by atoms with Crippen molar-refractivity contribution in [1.82, 2.24) is 16.0 Å². The van der Waals surface area contributed by atoms with E-state index in [2.05, 4.69) is 15.6 Å². The fraction of sp³-hybridized carbons (Fsp3) is 0.632. The Labute approximate surface area is 205 Å². The summed E-state index contributed by atoms with van der Waals surface area (Å²) in [5.74, 6) is -7.71. The van der Waals surface area contributed by atoms with Crippen LogP contribution in [0.5, 0.6) is 0 Å². The average molecular weight is 520 g/mol. The van der Waals surface area contributed by atoms with Crippen molar-refractivity contribution in [3.63, 3.8) is 0 Å². The van der Waals surface area contributed by atoms with E-state index in [1.807, 2.05) is 5.32 Å². The summed E-state index contributed by atoms with van der Waals surface area (Å²) in [6, 6.07) is -6.25. The number of rotatable bonds is 17. The lowest BCUT2D eigenvalue weighted by molar-refractivity contribution is -0.145. The number of guanidine groups is 1. The molecule has 204 valence electrons. The summed E-state index contributed by atoms with van der Waals surface area (Å²) in [6.07, 6.45) is -3.14. The highest BCUT2D eigenvalue weighted by Crippen LogP contribution is 2.04. The number of carboxylic acid groups (broad SMARTS) is 3. The summed E-state index contributed by atoms with van der Waals surface area (Å²) >= 11 is 0. The van der Waals surface area contributed by atoms with Gasteiger partial charge in [-0.25, -0.2) is 4.79 Å². The minimum Gasteiger partial charge on any atom is -0.481 e. The van der Waals surface area contributed by atoms with Crippen LogP contribution in [0.15, 0.2) is 4.99 Å². The largest absolute Gasteiger partial charge is 0.481 e. The Kier molecular flexibility index (Phi) is 14.1. The molecule has 0 rings (SSSR count). The van der Waals surface area contributed by atoms with Crippen LogP contribution in [-0.4, -0.2) is 98.8 Å². The van der Waals surface area contributed by atoms with Gasteiger partial charge in [-0.05, 0) is 26.2 Å². The highest BCUT2D eigenvalue weighted by Gasteiger charge is 2.33. The molecule has 0 aliphatic rings. The Morgan fingerprint density at radius 1 is 0.833 bits per heavy atom. The van der Waals surface area contributed by atoms with E-state index in [0.717, 1.165) is 6.92 Å². The predicted molar refractivity (Wildman–Crippen MR) is 122 cm³/mol. The van der Waals surface area contributed by atoms with Crippen molar-refractivity contribution in [1.29, 1.82) is 0 Å². The van der Waals surface area contributed by atoms with Crippen LogP contribution in [0.25, 0.3) is 0 Å². The molecule has 0 fully saturated rings. The molecule has 0 aromatic rings. The van der Waals surface area contributed by atoms with E-state index in [0.29, 0.717) is 6.42 Å². The van der Waals surface area contributed by atoms with Crippen LogP contribution in [0.3, 0.4) is 0 Å². The maximum Gasteiger partial charge on any atom is 0.326 e. The second-order valence-electron chi connectivity index (χ2n) is 7.77. The van der Waals surface area contributed by atoms with E-state index >= 15 is 0 Å². The number of nitrogens with one attached hydrogen (secondary N) is 3. The van der Waals surface area contributed by atoms with Gasteiger partial charge in [0.1, 0.15) is 18.1 Å². The number of hydrogen-bond donors (Lipinski definition) is 10. The van der Waals surface area contributed by atoms with Crippen LogP contribution < -0.4 is 33.2 Å². The van der Waals surface area contributed by atoms with Crippen molar-refractivity contribution in [3.8, 4) is 0 Å². The van der Waals surface area contributed by atoms with Gasteiger partial charge in [-0.15, -0.1) is 0 Å². The molecule has 0 aliphatic carbocycles. The van der Waals surface area contributed by atoms with Gasteiger partial charge >= 0.3 is 17.9 Å². The van der Waals surface area contributed by atoms with Gasteiger partial charge in [0.15, 0.2) is 5.96 Å². The van der Waals surface area contributed by atoms with Crippen LogP contribution >= 0.6 is 0 Å². The molecule has 36 heavy (non-hydrogen) atoms. The van der Waals surface area contributed by atoms with Crippen molar-refractivity contribution in [2.24, 2.45) is 22.2 Å². The molecule has 0 heterocycles. The number of nitrogens with two attached hydrogens (primary N) is 3. The van der Waals surface area contributed by atoms with Gasteiger partial charge in [-0.3, -0.25) is 29.0 Å². The summed E-state index contributed by atoms with van der Waals surface area (Å²) in [4.78, 5) is 74.4. The number of amides is 3. The fourth-order valence-electron chi connectivity index (χ4n) is 2.76. The Balaban J connectivity index is 5.35. The van der Waals surface area contributed by atoms with Crippen LogP contribution in [0, 0.1) is 0 Å². The van der Waals surface area contributed by atoms with E-state index < -0.39 is 85.2 Å². The first-order valence-electron chi connectivity index (χ1n) is 10.7. The zero-order valence-electron chi connectivity index (χ0n) is 19.5. The second-order valence-corrected chi connectivity index (χ2v) is 7.77. The molecule has 0 aromatic carbocycles. The van der Waals surface area contributed by atoms with Gasteiger partial charge in [0, 0.05) is 13.0 Å². The Hall–Kier alpha value is -3.99. The van der Waals surface area contributed by atoms with Gasteiger partial charge in [-0.1, -0.05) is 0 Å². The summed E-state index contributed by atoms with van der Waals surface area (Å²) in [6.45, 7) is 1.27. The molecule has 17 heteroatoms. The van der Waals surface area contributed by atoms with Crippen LogP contribution in [0.1, 0.15) is 39.0 Å². The first-order valence-corrected chi connectivity index (χ1v) is 10.7. The SMILES string of the molecule is CC(O)C(NC(=O)C(CC(=O)O)NC(=O)C(N)CCCN=C(N)N)C(=O)NC(CCC(=O)O)C(=O)O. The number of hydrogen-bond acceptors (Lipinski definition) is 9. The molecule has 0 radical (unpaired) electrons. The van der Waals surface area contributed by atoms with E-state index in [1.54, 1.807) is 0 Å². The van der Waals surface area contributed by atoms with Crippen molar-refractivity contribution in [2.45, 2.75) is 69.3 Å². The minimum absolute atomic E-state index is 0.0929. The molecule has 5 unspecified atom stereocenters. The van der Waals surface area contributed by atoms with Gasteiger partial charge in [-0.2, -0.15) is 0 Å². The molecule has 3 amide bonds. The number of aliphatic hydroxyl groups excluding tert-OH is 1.